The quantitative estimate of drug-likeness (QED) is 0.907. The van der Waals surface area contributed by atoms with Crippen LogP contribution < -0.4 is 4.90 Å². The van der Waals surface area contributed by atoms with Crippen molar-refractivity contribution in [3.05, 3.63) is 29.3 Å². The SMILES string of the molecule is Cc1cccc(C(=O)O)c1N1CCCC(C(C)C)CC1. The fourth-order valence-electron chi connectivity index (χ4n) is 3.26. The van der Waals surface area contributed by atoms with Crippen LogP contribution in [-0.2, 0) is 0 Å². The molecule has 0 bridgehead atoms. The highest BCUT2D eigenvalue weighted by Gasteiger charge is 2.23. The summed E-state index contributed by atoms with van der Waals surface area (Å²) in [5.41, 5.74) is 2.42. The minimum atomic E-state index is -0.826. The lowest BCUT2D eigenvalue weighted by atomic mass is 9.89. The molecule has 0 aliphatic carbocycles. The minimum absolute atomic E-state index is 0.438. The second-order valence-corrected chi connectivity index (χ2v) is 6.20. The maximum atomic E-state index is 11.4. The highest BCUT2D eigenvalue weighted by atomic mass is 16.4. The maximum Gasteiger partial charge on any atom is 0.337 e. The summed E-state index contributed by atoms with van der Waals surface area (Å²) in [6, 6.07) is 5.55. The van der Waals surface area contributed by atoms with E-state index >= 15 is 0 Å². The molecule has 1 saturated heterocycles. The van der Waals surface area contributed by atoms with Crippen LogP contribution in [0.4, 0.5) is 5.69 Å². The molecular formula is C17H25NO2. The zero-order valence-corrected chi connectivity index (χ0v) is 12.7. The lowest BCUT2D eigenvalue weighted by molar-refractivity contribution is 0.0697. The topological polar surface area (TPSA) is 40.5 Å². The molecule has 0 radical (unpaired) electrons. The molecule has 2 rings (SSSR count). The molecule has 1 fully saturated rings. The van der Waals surface area contributed by atoms with E-state index in [9.17, 15) is 9.90 Å². The molecule has 0 amide bonds. The van der Waals surface area contributed by atoms with Gasteiger partial charge in [0.05, 0.1) is 11.3 Å². The smallest absolute Gasteiger partial charge is 0.337 e. The second kappa shape index (κ2) is 6.29. The van der Waals surface area contributed by atoms with Crippen LogP contribution in [0.15, 0.2) is 18.2 Å². The number of hydrogen-bond acceptors (Lipinski definition) is 2. The van der Waals surface area contributed by atoms with Crippen molar-refractivity contribution < 1.29 is 9.90 Å². The van der Waals surface area contributed by atoms with E-state index < -0.39 is 5.97 Å². The Bertz CT molecular complexity index is 482. The highest BCUT2D eigenvalue weighted by Crippen LogP contribution is 2.31. The predicted octanol–water partition coefficient (Wildman–Crippen LogP) is 3.96. The fraction of sp³-hybridized carbons (Fsp3) is 0.588. The molecule has 0 saturated carbocycles. The van der Waals surface area contributed by atoms with Crippen LogP contribution >= 0.6 is 0 Å². The van der Waals surface area contributed by atoms with Crippen molar-refractivity contribution in [3.63, 3.8) is 0 Å². The summed E-state index contributed by atoms with van der Waals surface area (Å²) >= 11 is 0. The third-order valence-corrected chi connectivity index (χ3v) is 4.50. The van der Waals surface area contributed by atoms with E-state index in [1.807, 2.05) is 19.1 Å². The number of aryl methyl sites for hydroxylation is 1. The van der Waals surface area contributed by atoms with Crippen molar-refractivity contribution in [2.75, 3.05) is 18.0 Å². The molecule has 1 unspecified atom stereocenters. The molecule has 110 valence electrons. The van der Waals surface area contributed by atoms with Crippen LogP contribution in [0.2, 0.25) is 0 Å². The monoisotopic (exact) mass is 275 g/mol. The Kier molecular flexibility index (Phi) is 4.69. The molecule has 1 N–H and O–H groups in total. The van der Waals surface area contributed by atoms with Crippen molar-refractivity contribution in [3.8, 4) is 0 Å². The molecule has 0 aromatic heterocycles. The third-order valence-electron chi connectivity index (χ3n) is 4.50. The Morgan fingerprint density at radius 3 is 2.70 bits per heavy atom. The predicted molar refractivity (Wildman–Crippen MR) is 82.5 cm³/mol. The van der Waals surface area contributed by atoms with Gasteiger partial charge in [-0.25, -0.2) is 4.79 Å². The van der Waals surface area contributed by atoms with Gasteiger partial charge in [-0.05, 0) is 49.7 Å². The van der Waals surface area contributed by atoms with Crippen molar-refractivity contribution >= 4 is 11.7 Å². The van der Waals surface area contributed by atoms with Crippen LogP contribution in [0.25, 0.3) is 0 Å². The van der Waals surface area contributed by atoms with Crippen LogP contribution in [0.1, 0.15) is 49.0 Å². The normalized spacial score (nSPS) is 20.0. The highest BCUT2D eigenvalue weighted by molar-refractivity contribution is 5.95. The minimum Gasteiger partial charge on any atom is -0.478 e. The van der Waals surface area contributed by atoms with Gasteiger partial charge in [0.15, 0.2) is 0 Å². The average Bonchev–Trinajstić information content (AvgIpc) is 2.64. The molecule has 1 aromatic rings. The number of carboxylic acid groups (broad SMARTS) is 1. The molecule has 1 aliphatic rings. The summed E-state index contributed by atoms with van der Waals surface area (Å²) in [7, 11) is 0. The summed E-state index contributed by atoms with van der Waals surface area (Å²) in [6.07, 6.45) is 3.56. The van der Waals surface area contributed by atoms with E-state index in [2.05, 4.69) is 18.7 Å². The summed E-state index contributed by atoms with van der Waals surface area (Å²) in [5, 5.41) is 9.40. The zero-order chi connectivity index (χ0) is 14.7. The first kappa shape index (κ1) is 14.9. The van der Waals surface area contributed by atoms with Crippen LogP contribution in [0.3, 0.4) is 0 Å². The van der Waals surface area contributed by atoms with E-state index in [0.717, 1.165) is 43.1 Å². The first-order valence-electron chi connectivity index (χ1n) is 7.58. The first-order valence-corrected chi connectivity index (χ1v) is 7.58. The molecule has 3 heteroatoms. The number of hydrogen-bond donors (Lipinski definition) is 1. The van der Waals surface area contributed by atoms with E-state index in [1.54, 1.807) is 6.07 Å². The lowest BCUT2D eigenvalue weighted by Crippen LogP contribution is -2.27. The van der Waals surface area contributed by atoms with Crippen molar-refractivity contribution in [2.24, 2.45) is 11.8 Å². The number of rotatable bonds is 3. The Hall–Kier alpha value is -1.51. The van der Waals surface area contributed by atoms with E-state index in [-0.39, 0.29) is 0 Å². The second-order valence-electron chi connectivity index (χ2n) is 6.20. The molecule has 0 spiro atoms. The average molecular weight is 275 g/mol. The summed E-state index contributed by atoms with van der Waals surface area (Å²) in [6.45, 7) is 8.52. The number of para-hydroxylation sites is 1. The van der Waals surface area contributed by atoms with Gasteiger partial charge in [0.1, 0.15) is 0 Å². The van der Waals surface area contributed by atoms with Gasteiger partial charge in [0, 0.05) is 13.1 Å². The van der Waals surface area contributed by atoms with Gasteiger partial charge in [-0.15, -0.1) is 0 Å². The van der Waals surface area contributed by atoms with Crippen LogP contribution in [0, 0.1) is 18.8 Å². The van der Waals surface area contributed by atoms with Gasteiger partial charge < -0.3 is 10.0 Å². The van der Waals surface area contributed by atoms with Crippen molar-refractivity contribution in [1.29, 1.82) is 0 Å². The summed E-state index contributed by atoms with van der Waals surface area (Å²) < 4.78 is 0. The Labute approximate surface area is 121 Å². The fourth-order valence-corrected chi connectivity index (χ4v) is 3.26. The largest absolute Gasteiger partial charge is 0.478 e. The van der Waals surface area contributed by atoms with Crippen LogP contribution in [-0.4, -0.2) is 24.2 Å². The van der Waals surface area contributed by atoms with Crippen molar-refractivity contribution in [2.45, 2.75) is 40.0 Å². The number of carbonyl (C=O) groups is 1. The lowest BCUT2D eigenvalue weighted by Gasteiger charge is -2.26. The molecule has 3 nitrogen and oxygen atoms in total. The molecule has 1 aliphatic heterocycles. The molecule has 20 heavy (non-hydrogen) atoms. The molecular weight excluding hydrogens is 250 g/mol. The molecule has 1 heterocycles. The molecule has 1 aromatic carbocycles. The summed E-state index contributed by atoms with van der Waals surface area (Å²) in [5.74, 6) is 0.649. The number of nitrogens with zero attached hydrogens (tertiary/aromatic N) is 1. The maximum absolute atomic E-state index is 11.4. The van der Waals surface area contributed by atoms with E-state index in [1.165, 1.54) is 6.42 Å². The van der Waals surface area contributed by atoms with E-state index in [4.69, 9.17) is 0 Å². The van der Waals surface area contributed by atoms with Gasteiger partial charge in [-0.2, -0.15) is 0 Å². The van der Waals surface area contributed by atoms with Gasteiger partial charge in [0.2, 0.25) is 0 Å². The van der Waals surface area contributed by atoms with Gasteiger partial charge in [-0.3, -0.25) is 0 Å². The first-order chi connectivity index (χ1) is 9.50. The third kappa shape index (κ3) is 3.14. The van der Waals surface area contributed by atoms with Crippen LogP contribution in [0.5, 0.6) is 0 Å². The number of anilines is 1. The Morgan fingerprint density at radius 1 is 1.30 bits per heavy atom. The standard InChI is InChI=1S/C17H25NO2/c1-12(2)14-7-5-10-18(11-9-14)16-13(3)6-4-8-15(16)17(19)20/h4,6,8,12,14H,5,7,9-11H2,1-3H3,(H,19,20). The summed E-state index contributed by atoms with van der Waals surface area (Å²) in [4.78, 5) is 13.7. The van der Waals surface area contributed by atoms with E-state index in [0.29, 0.717) is 11.5 Å². The van der Waals surface area contributed by atoms with Crippen molar-refractivity contribution in [1.82, 2.24) is 0 Å². The van der Waals surface area contributed by atoms with Gasteiger partial charge in [-0.1, -0.05) is 26.0 Å². The number of aromatic carboxylic acids is 1. The number of benzene rings is 1. The zero-order valence-electron chi connectivity index (χ0n) is 12.7. The van der Waals surface area contributed by atoms with Gasteiger partial charge in [0.25, 0.3) is 0 Å². The molecule has 1 atom stereocenters. The van der Waals surface area contributed by atoms with Gasteiger partial charge >= 0.3 is 5.97 Å². The number of carboxylic acids is 1. The Morgan fingerprint density at radius 2 is 2.05 bits per heavy atom. The Balaban J connectivity index is 2.26.